The largest absolute Gasteiger partial charge is 0.465 e. The molecule has 3 heterocycles. The van der Waals surface area contributed by atoms with Gasteiger partial charge in [-0.3, -0.25) is 9.47 Å². The molecule has 1 saturated heterocycles. The Kier molecular flexibility index (Phi) is 5.68. The monoisotopic (exact) mass is 469 g/mol. The number of hydrogen-bond acceptors (Lipinski definition) is 6. The zero-order valence-corrected chi connectivity index (χ0v) is 17.7. The third-order valence-corrected chi connectivity index (χ3v) is 5.88. The van der Waals surface area contributed by atoms with E-state index in [4.69, 9.17) is 4.74 Å². The summed E-state index contributed by atoms with van der Waals surface area (Å²) in [5.74, 6) is -0.293. The van der Waals surface area contributed by atoms with Gasteiger partial charge in [0, 0.05) is 31.2 Å². The number of nitrogens with zero attached hydrogens (tertiary/aromatic N) is 5. The zero-order chi connectivity index (χ0) is 24.0. The number of piperazine rings is 1. The molecule has 1 N–H and O–H groups in total. The third kappa shape index (κ3) is 4.87. The van der Waals surface area contributed by atoms with Crippen LogP contribution in [-0.4, -0.2) is 73.3 Å². The standard InChI is InChI=1S/C20H22F3N5O5/c1-19(12-26-10-16(28(31)32)24-17(26)33-19)11-25-6-7-27(18(29)30)15(9-25)8-13-2-4-14(5-3-13)20(21,22)23/h2-5,10,15H,6-9,11-12H2,1H3,(H,29,30)/t15-,19?/m0/s1. The molecule has 2 aromatic rings. The van der Waals surface area contributed by atoms with Gasteiger partial charge < -0.3 is 24.9 Å². The molecule has 4 rings (SSSR count). The van der Waals surface area contributed by atoms with Crippen molar-refractivity contribution in [2.75, 3.05) is 26.2 Å². The fourth-order valence-electron chi connectivity index (χ4n) is 4.43. The van der Waals surface area contributed by atoms with E-state index in [1.54, 1.807) is 4.57 Å². The van der Waals surface area contributed by atoms with Crippen LogP contribution in [0.3, 0.4) is 0 Å². The van der Waals surface area contributed by atoms with E-state index in [9.17, 15) is 33.2 Å². The molecule has 0 aliphatic carbocycles. The van der Waals surface area contributed by atoms with Crippen molar-refractivity contribution >= 4 is 11.9 Å². The van der Waals surface area contributed by atoms with Crippen LogP contribution in [0, 0.1) is 10.1 Å². The number of imidazole rings is 1. The molecule has 1 aromatic heterocycles. The predicted molar refractivity (Wildman–Crippen MR) is 108 cm³/mol. The van der Waals surface area contributed by atoms with E-state index >= 15 is 0 Å². The summed E-state index contributed by atoms with van der Waals surface area (Å²) < 4.78 is 45.9. The highest BCUT2D eigenvalue weighted by molar-refractivity contribution is 5.65. The van der Waals surface area contributed by atoms with Gasteiger partial charge in [-0.05, 0) is 36.0 Å². The van der Waals surface area contributed by atoms with E-state index in [2.05, 4.69) is 4.98 Å². The zero-order valence-electron chi connectivity index (χ0n) is 17.7. The number of ether oxygens (including phenoxy) is 1. The Morgan fingerprint density at radius 3 is 2.61 bits per heavy atom. The molecule has 2 aliphatic heterocycles. The third-order valence-electron chi connectivity index (χ3n) is 5.88. The molecule has 1 unspecified atom stereocenters. The van der Waals surface area contributed by atoms with Crippen molar-refractivity contribution in [1.29, 1.82) is 0 Å². The lowest BCUT2D eigenvalue weighted by molar-refractivity contribution is -0.389. The Morgan fingerprint density at radius 2 is 2.03 bits per heavy atom. The second kappa shape index (κ2) is 8.21. The average molecular weight is 469 g/mol. The lowest BCUT2D eigenvalue weighted by Crippen LogP contribution is -2.58. The molecule has 13 heteroatoms. The molecule has 2 aliphatic rings. The van der Waals surface area contributed by atoms with E-state index in [0.717, 1.165) is 12.1 Å². The summed E-state index contributed by atoms with van der Waals surface area (Å²) in [7, 11) is 0. The quantitative estimate of drug-likeness (QED) is 0.529. The number of amides is 1. The van der Waals surface area contributed by atoms with Gasteiger partial charge in [-0.15, -0.1) is 0 Å². The fourth-order valence-corrected chi connectivity index (χ4v) is 4.43. The number of fused-ring (bicyclic) bond motifs is 1. The number of carboxylic acid groups (broad SMARTS) is 1. The maximum atomic E-state index is 12.8. The number of nitro groups is 1. The van der Waals surface area contributed by atoms with E-state index < -0.39 is 34.4 Å². The van der Waals surface area contributed by atoms with Gasteiger partial charge in [-0.25, -0.2) is 4.79 Å². The van der Waals surface area contributed by atoms with Crippen LogP contribution in [0.1, 0.15) is 18.1 Å². The molecule has 1 fully saturated rings. The highest BCUT2D eigenvalue weighted by Gasteiger charge is 2.43. The van der Waals surface area contributed by atoms with Crippen molar-refractivity contribution < 1.29 is 32.7 Å². The van der Waals surface area contributed by atoms with Crippen LogP contribution in [0.15, 0.2) is 30.5 Å². The first kappa shape index (κ1) is 22.8. The van der Waals surface area contributed by atoms with E-state index in [1.807, 2.05) is 11.8 Å². The summed E-state index contributed by atoms with van der Waals surface area (Å²) in [4.78, 5) is 29.2. The minimum atomic E-state index is -4.43. The van der Waals surface area contributed by atoms with Crippen LogP contribution in [-0.2, 0) is 19.1 Å². The summed E-state index contributed by atoms with van der Waals surface area (Å²) in [5.41, 5.74) is -0.852. The first-order valence-corrected chi connectivity index (χ1v) is 10.2. The van der Waals surface area contributed by atoms with E-state index in [-0.39, 0.29) is 24.8 Å². The number of rotatable bonds is 5. The first-order chi connectivity index (χ1) is 15.4. The number of aromatic nitrogens is 2. The summed E-state index contributed by atoms with van der Waals surface area (Å²) in [6.45, 7) is 3.70. The summed E-state index contributed by atoms with van der Waals surface area (Å²) in [5, 5.41) is 20.5. The molecule has 10 nitrogen and oxygen atoms in total. The van der Waals surface area contributed by atoms with Crippen LogP contribution >= 0.6 is 0 Å². The molecule has 1 amide bonds. The molecule has 0 saturated carbocycles. The molecular formula is C20H22F3N5O5. The smallest absolute Gasteiger partial charge is 0.416 e. The molecule has 2 atom stereocenters. The number of carbonyl (C=O) groups is 1. The Hall–Kier alpha value is -3.35. The van der Waals surface area contributed by atoms with Crippen LogP contribution in [0.5, 0.6) is 6.01 Å². The lowest BCUT2D eigenvalue weighted by atomic mass is 9.99. The van der Waals surface area contributed by atoms with Gasteiger partial charge in [0.05, 0.1) is 18.2 Å². The van der Waals surface area contributed by atoms with Gasteiger partial charge in [0.25, 0.3) is 0 Å². The van der Waals surface area contributed by atoms with Gasteiger partial charge in [0.1, 0.15) is 11.8 Å². The van der Waals surface area contributed by atoms with Gasteiger partial charge in [-0.1, -0.05) is 12.1 Å². The minimum absolute atomic E-state index is 0.162. The minimum Gasteiger partial charge on any atom is -0.465 e. The summed E-state index contributed by atoms with van der Waals surface area (Å²) >= 11 is 0. The van der Waals surface area contributed by atoms with Gasteiger partial charge in [-0.2, -0.15) is 13.2 Å². The van der Waals surface area contributed by atoms with Crippen molar-refractivity contribution in [2.45, 2.75) is 37.7 Å². The summed E-state index contributed by atoms with van der Waals surface area (Å²) in [6.07, 6.45) is -3.93. The molecule has 0 bridgehead atoms. The Balaban J connectivity index is 1.43. The van der Waals surface area contributed by atoms with Gasteiger partial charge in [0.2, 0.25) is 0 Å². The van der Waals surface area contributed by atoms with Crippen LogP contribution < -0.4 is 4.74 Å². The van der Waals surface area contributed by atoms with Crippen molar-refractivity contribution in [3.05, 3.63) is 51.7 Å². The number of benzene rings is 1. The maximum Gasteiger partial charge on any atom is 0.416 e. The Morgan fingerprint density at radius 1 is 1.33 bits per heavy atom. The van der Waals surface area contributed by atoms with Crippen LogP contribution in [0.25, 0.3) is 0 Å². The van der Waals surface area contributed by atoms with Crippen molar-refractivity contribution in [3.8, 4) is 6.01 Å². The van der Waals surface area contributed by atoms with E-state index in [0.29, 0.717) is 31.7 Å². The number of alkyl halides is 3. The molecule has 33 heavy (non-hydrogen) atoms. The van der Waals surface area contributed by atoms with Gasteiger partial charge >= 0.3 is 24.1 Å². The van der Waals surface area contributed by atoms with Crippen LogP contribution in [0.2, 0.25) is 0 Å². The summed E-state index contributed by atoms with van der Waals surface area (Å²) in [6, 6.07) is 4.44. The van der Waals surface area contributed by atoms with Crippen molar-refractivity contribution in [3.63, 3.8) is 0 Å². The second-order valence-corrected chi connectivity index (χ2v) is 8.58. The SMILES string of the molecule is CC1(CN2CCN(C(=O)O)[C@@H](Cc3ccc(C(F)(F)F)cc3)C2)Cn2cc([N+](=O)[O-])nc2O1. The normalized spacial score (nSPS) is 23.3. The number of hydrogen-bond donors (Lipinski definition) is 1. The van der Waals surface area contributed by atoms with Gasteiger partial charge in [0.15, 0.2) is 0 Å². The molecular weight excluding hydrogens is 447 g/mol. The van der Waals surface area contributed by atoms with Crippen molar-refractivity contribution in [2.24, 2.45) is 0 Å². The first-order valence-electron chi connectivity index (χ1n) is 10.2. The molecule has 1 aromatic carbocycles. The highest BCUT2D eigenvalue weighted by Crippen LogP contribution is 2.32. The van der Waals surface area contributed by atoms with Crippen LogP contribution in [0.4, 0.5) is 23.8 Å². The Labute approximate surface area is 186 Å². The topological polar surface area (TPSA) is 114 Å². The Bertz CT molecular complexity index is 1030. The number of halogens is 3. The van der Waals surface area contributed by atoms with Crippen molar-refractivity contribution in [1.82, 2.24) is 19.4 Å². The maximum absolute atomic E-state index is 12.8. The fraction of sp³-hybridized carbons (Fsp3) is 0.500. The predicted octanol–water partition coefficient (Wildman–Crippen LogP) is 2.87. The lowest BCUT2D eigenvalue weighted by Gasteiger charge is -2.42. The second-order valence-electron chi connectivity index (χ2n) is 8.58. The average Bonchev–Trinajstić information content (AvgIpc) is 3.22. The highest BCUT2D eigenvalue weighted by atomic mass is 19.4. The molecule has 178 valence electrons. The molecule has 0 radical (unpaired) electrons. The van der Waals surface area contributed by atoms with E-state index in [1.165, 1.54) is 23.2 Å². The molecule has 0 spiro atoms.